The highest BCUT2D eigenvalue weighted by molar-refractivity contribution is 5.78. The lowest BCUT2D eigenvalue weighted by Gasteiger charge is -2.17. The second-order valence-electron chi connectivity index (χ2n) is 5.11. The summed E-state index contributed by atoms with van der Waals surface area (Å²) in [5.74, 6) is 0. The molecule has 0 aliphatic carbocycles. The monoisotopic (exact) mass is 256 g/mol. The minimum atomic E-state index is 0.648. The van der Waals surface area contributed by atoms with Crippen molar-refractivity contribution in [3.05, 3.63) is 42.1 Å². The van der Waals surface area contributed by atoms with Crippen molar-refractivity contribution >= 4 is 10.9 Å². The molecule has 1 atom stereocenters. The number of hydrogen-bond acceptors (Lipinski definition) is 2. The molecule has 2 aromatic rings. The van der Waals surface area contributed by atoms with Crippen molar-refractivity contribution in [1.82, 2.24) is 10.3 Å². The van der Waals surface area contributed by atoms with Gasteiger partial charge in [-0.05, 0) is 43.5 Å². The molecule has 0 aliphatic heterocycles. The minimum absolute atomic E-state index is 0.648. The summed E-state index contributed by atoms with van der Waals surface area (Å²) in [5.41, 5.74) is 2.50. The fraction of sp³-hybridized carbons (Fsp3) is 0.471. The third-order valence-electron chi connectivity index (χ3n) is 3.58. The first-order valence-electron chi connectivity index (χ1n) is 7.40. The smallest absolute Gasteiger partial charge is 0.0704 e. The second-order valence-corrected chi connectivity index (χ2v) is 5.11. The van der Waals surface area contributed by atoms with Gasteiger partial charge in [0.15, 0.2) is 0 Å². The summed E-state index contributed by atoms with van der Waals surface area (Å²) in [6.07, 6.45) is 6.71. The maximum atomic E-state index is 4.43. The zero-order valence-corrected chi connectivity index (χ0v) is 12.0. The van der Waals surface area contributed by atoms with Crippen LogP contribution in [0.1, 0.15) is 38.7 Å². The Morgan fingerprint density at radius 2 is 2.05 bits per heavy atom. The van der Waals surface area contributed by atoms with Gasteiger partial charge in [0.05, 0.1) is 5.52 Å². The summed E-state index contributed by atoms with van der Waals surface area (Å²) in [4.78, 5) is 4.43. The van der Waals surface area contributed by atoms with E-state index >= 15 is 0 Å². The first-order valence-corrected chi connectivity index (χ1v) is 7.40. The number of benzene rings is 1. The SMILES string of the molecule is CCCC(CCc1ccc2cccnc2c1)NCC. The van der Waals surface area contributed by atoms with E-state index < -0.39 is 0 Å². The van der Waals surface area contributed by atoms with E-state index in [1.807, 2.05) is 12.3 Å². The molecule has 0 spiro atoms. The lowest BCUT2D eigenvalue weighted by molar-refractivity contribution is 0.460. The molecule has 102 valence electrons. The average Bonchev–Trinajstić information content (AvgIpc) is 2.45. The lowest BCUT2D eigenvalue weighted by Crippen LogP contribution is -2.29. The quantitative estimate of drug-likeness (QED) is 0.811. The van der Waals surface area contributed by atoms with E-state index in [9.17, 15) is 0 Å². The van der Waals surface area contributed by atoms with Crippen LogP contribution >= 0.6 is 0 Å². The highest BCUT2D eigenvalue weighted by atomic mass is 14.9. The summed E-state index contributed by atoms with van der Waals surface area (Å²) < 4.78 is 0. The van der Waals surface area contributed by atoms with Gasteiger partial charge in [0.25, 0.3) is 0 Å². The Labute approximate surface area is 116 Å². The van der Waals surface area contributed by atoms with E-state index in [-0.39, 0.29) is 0 Å². The molecule has 2 rings (SSSR count). The second kappa shape index (κ2) is 7.25. The summed E-state index contributed by atoms with van der Waals surface area (Å²) in [7, 11) is 0. The first-order chi connectivity index (χ1) is 9.33. The van der Waals surface area contributed by atoms with Crippen LogP contribution in [0.4, 0.5) is 0 Å². The van der Waals surface area contributed by atoms with Gasteiger partial charge in [-0.25, -0.2) is 0 Å². The summed E-state index contributed by atoms with van der Waals surface area (Å²) in [6, 6.07) is 11.4. The largest absolute Gasteiger partial charge is 0.314 e. The van der Waals surface area contributed by atoms with Crippen LogP contribution in [0.3, 0.4) is 0 Å². The normalized spacial score (nSPS) is 12.7. The Morgan fingerprint density at radius 3 is 2.84 bits per heavy atom. The third-order valence-corrected chi connectivity index (χ3v) is 3.58. The molecule has 1 aromatic heterocycles. The molecule has 1 unspecified atom stereocenters. The van der Waals surface area contributed by atoms with Crippen molar-refractivity contribution < 1.29 is 0 Å². The Morgan fingerprint density at radius 1 is 1.16 bits per heavy atom. The maximum absolute atomic E-state index is 4.43. The molecule has 0 fully saturated rings. The summed E-state index contributed by atoms with van der Waals surface area (Å²) in [6.45, 7) is 5.50. The zero-order valence-electron chi connectivity index (χ0n) is 12.0. The molecule has 0 radical (unpaired) electrons. The van der Waals surface area contributed by atoms with Gasteiger partial charge in [-0.15, -0.1) is 0 Å². The number of nitrogens with zero attached hydrogens (tertiary/aromatic N) is 1. The first kappa shape index (κ1) is 14.0. The van der Waals surface area contributed by atoms with Gasteiger partial charge in [-0.1, -0.05) is 38.5 Å². The minimum Gasteiger partial charge on any atom is -0.314 e. The molecule has 1 N–H and O–H groups in total. The number of fused-ring (bicyclic) bond motifs is 1. The Hall–Kier alpha value is -1.41. The molecular formula is C17H24N2. The van der Waals surface area contributed by atoms with Gasteiger partial charge in [-0.2, -0.15) is 0 Å². The summed E-state index contributed by atoms with van der Waals surface area (Å²) in [5, 5.41) is 4.80. The number of aryl methyl sites for hydroxylation is 1. The van der Waals surface area contributed by atoms with Gasteiger partial charge in [0.2, 0.25) is 0 Å². The molecule has 0 saturated heterocycles. The molecule has 0 amide bonds. The van der Waals surface area contributed by atoms with Gasteiger partial charge in [-0.3, -0.25) is 4.98 Å². The van der Waals surface area contributed by atoms with E-state index in [1.165, 1.54) is 30.2 Å². The number of aromatic nitrogens is 1. The molecule has 1 aromatic carbocycles. The van der Waals surface area contributed by atoms with Gasteiger partial charge >= 0.3 is 0 Å². The molecular weight excluding hydrogens is 232 g/mol. The molecule has 2 nitrogen and oxygen atoms in total. The Bertz CT molecular complexity index is 501. The Balaban J connectivity index is 2.00. The summed E-state index contributed by atoms with van der Waals surface area (Å²) >= 11 is 0. The van der Waals surface area contributed by atoms with E-state index in [0.29, 0.717) is 6.04 Å². The van der Waals surface area contributed by atoms with Gasteiger partial charge in [0, 0.05) is 17.6 Å². The van der Waals surface area contributed by atoms with E-state index in [2.05, 4.69) is 48.4 Å². The van der Waals surface area contributed by atoms with Crippen molar-refractivity contribution in [2.75, 3.05) is 6.54 Å². The Kier molecular flexibility index (Phi) is 5.34. The predicted molar refractivity (Wildman–Crippen MR) is 82.4 cm³/mol. The van der Waals surface area contributed by atoms with Crippen LogP contribution in [-0.4, -0.2) is 17.6 Å². The van der Waals surface area contributed by atoms with Crippen LogP contribution in [0.5, 0.6) is 0 Å². The number of hydrogen-bond donors (Lipinski definition) is 1. The number of nitrogens with one attached hydrogen (secondary N) is 1. The van der Waals surface area contributed by atoms with Crippen LogP contribution < -0.4 is 5.32 Å². The standard InChI is InChI=1S/C17H24N2/c1-3-6-16(18-4-2)11-9-14-8-10-15-7-5-12-19-17(15)13-14/h5,7-8,10,12-13,16,18H,3-4,6,9,11H2,1-2H3. The van der Waals surface area contributed by atoms with Crippen LogP contribution in [0, 0.1) is 0 Å². The van der Waals surface area contributed by atoms with Crippen molar-refractivity contribution in [2.45, 2.75) is 45.6 Å². The maximum Gasteiger partial charge on any atom is 0.0704 e. The molecule has 0 bridgehead atoms. The van der Waals surface area contributed by atoms with E-state index in [1.54, 1.807) is 0 Å². The fourth-order valence-corrected chi connectivity index (χ4v) is 2.59. The van der Waals surface area contributed by atoms with Gasteiger partial charge in [0.1, 0.15) is 0 Å². The highest BCUT2D eigenvalue weighted by Crippen LogP contribution is 2.15. The van der Waals surface area contributed by atoms with Crippen molar-refractivity contribution in [3.8, 4) is 0 Å². The van der Waals surface area contributed by atoms with Crippen molar-refractivity contribution in [2.24, 2.45) is 0 Å². The predicted octanol–water partition coefficient (Wildman–Crippen LogP) is 3.95. The average molecular weight is 256 g/mol. The molecule has 0 saturated carbocycles. The third kappa shape index (κ3) is 4.03. The molecule has 2 heteroatoms. The van der Waals surface area contributed by atoms with Crippen LogP contribution in [0.2, 0.25) is 0 Å². The number of pyridine rings is 1. The van der Waals surface area contributed by atoms with E-state index in [4.69, 9.17) is 0 Å². The topological polar surface area (TPSA) is 24.9 Å². The van der Waals surface area contributed by atoms with Crippen LogP contribution in [-0.2, 0) is 6.42 Å². The lowest BCUT2D eigenvalue weighted by atomic mass is 10.0. The zero-order chi connectivity index (χ0) is 13.5. The van der Waals surface area contributed by atoms with Crippen molar-refractivity contribution in [1.29, 1.82) is 0 Å². The van der Waals surface area contributed by atoms with Crippen LogP contribution in [0.25, 0.3) is 10.9 Å². The molecule has 0 aliphatic rings. The van der Waals surface area contributed by atoms with E-state index in [0.717, 1.165) is 18.5 Å². The van der Waals surface area contributed by atoms with Crippen molar-refractivity contribution in [3.63, 3.8) is 0 Å². The van der Waals surface area contributed by atoms with Gasteiger partial charge < -0.3 is 5.32 Å². The highest BCUT2D eigenvalue weighted by Gasteiger charge is 2.06. The number of rotatable bonds is 7. The molecule has 19 heavy (non-hydrogen) atoms. The molecule has 1 heterocycles. The van der Waals surface area contributed by atoms with Crippen LogP contribution in [0.15, 0.2) is 36.5 Å². The fourth-order valence-electron chi connectivity index (χ4n) is 2.59.